The van der Waals surface area contributed by atoms with Crippen LogP contribution in [0.2, 0.25) is 0 Å². The van der Waals surface area contributed by atoms with E-state index in [4.69, 9.17) is 4.52 Å². The highest BCUT2D eigenvalue weighted by atomic mass is 19.1. The van der Waals surface area contributed by atoms with Crippen molar-refractivity contribution in [3.05, 3.63) is 65.3 Å². The first-order valence-electron chi connectivity index (χ1n) is 8.49. The molecule has 0 N–H and O–H groups in total. The summed E-state index contributed by atoms with van der Waals surface area (Å²) < 4.78 is 19.2. The van der Waals surface area contributed by atoms with Crippen molar-refractivity contribution in [3.63, 3.8) is 0 Å². The lowest BCUT2D eigenvalue weighted by Crippen LogP contribution is -2.24. The minimum absolute atomic E-state index is 0.0751. The second-order valence-corrected chi connectivity index (χ2v) is 6.61. The highest BCUT2D eigenvalue weighted by molar-refractivity contribution is 5.96. The third-order valence-electron chi connectivity index (χ3n) is 4.77. The number of hydrogen-bond acceptors (Lipinski definition) is 4. The Morgan fingerprint density at radius 1 is 1.15 bits per heavy atom. The lowest BCUT2D eigenvalue weighted by atomic mass is 10.1. The molecule has 0 spiro atoms. The fourth-order valence-electron chi connectivity index (χ4n) is 3.21. The number of aryl methyl sites for hydroxylation is 2. The number of carbonyl (C=O) groups is 1. The normalized spacial score (nSPS) is 17.1. The van der Waals surface area contributed by atoms with Gasteiger partial charge in [-0.2, -0.15) is 4.98 Å². The molecule has 26 heavy (non-hydrogen) atoms. The molecule has 0 radical (unpaired) electrons. The Hall–Kier alpha value is -3.02. The molecule has 1 aliphatic rings. The molecule has 0 bridgehead atoms. The molecule has 3 aromatic rings. The minimum atomic E-state index is -0.321. The second-order valence-electron chi connectivity index (χ2n) is 6.61. The van der Waals surface area contributed by atoms with Gasteiger partial charge in [-0.1, -0.05) is 35.5 Å². The largest absolute Gasteiger partial charge is 0.339 e. The van der Waals surface area contributed by atoms with E-state index in [0.29, 0.717) is 29.5 Å². The molecule has 0 saturated carbocycles. The van der Waals surface area contributed by atoms with Crippen molar-refractivity contribution < 1.29 is 13.7 Å². The second kappa shape index (κ2) is 6.37. The average molecular weight is 351 g/mol. The Morgan fingerprint density at radius 3 is 2.73 bits per heavy atom. The SMILES string of the molecule is Cc1ccc(N2CC(c3nc(-c4ccccc4C)no3)CC2=O)cc1F. The Balaban J connectivity index is 1.58. The maximum atomic E-state index is 13.8. The summed E-state index contributed by atoms with van der Waals surface area (Å²) >= 11 is 0. The summed E-state index contributed by atoms with van der Waals surface area (Å²) in [6, 6.07) is 12.6. The van der Waals surface area contributed by atoms with Crippen LogP contribution < -0.4 is 4.90 Å². The van der Waals surface area contributed by atoms with E-state index in [1.54, 1.807) is 24.0 Å². The molecule has 2 heterocycles. The van der Waals surface area contributed by atoms with Crippen molar-refractivity contribution in [2.45, 2.75) is 26.2 Å². The molecular formula is C20H18FN3O2. The van der Waals surface area contributed by atoms with Crippen LogP contribution in [0.15, 0.2) is 47.0 Å². The molecule has 0 aliphatic carbocycles. The minimum Gasteiger partial charge on any atom is -0.339 e. The van der Waals surface area contributed by atoms with Crippen molar-refractivity contribution in [1.82, 2.24) is 10.1 Å². The fraction of sp³-hybridized carbons (Fsp3) is 0.250. The molecule has 1 atom stereocenters. The van der Waals surface area contributed by atoms with Crippen LogP contribution in [-0.2, 0) is 4.79 Å². The van der Waals surface area contributed by atoms with Gasteiger partial charge in [0.2, 0.25) is 17.6 Å². The van der Waals surface area contributed by atoms with E-state index < -0.39 is 0 Å². The van der Waals surface area contributed by atoms with E-state index in [2.05, 4.69) is 10.1 Å². The monoisotopic (exact) mass is 351 g/mol. The topological polar surface area (TPSA) is 59.2 Å². The number of anilines is 1. The molecule has 1 aromatic heterocycles. The standard InChI is InChI=1S/C20H18FN3O2/c1-12-5-3-4-6-16(12)19-22-20(26-23-19)14-9-18(25)24(11-14)15-8-7-13(2)17(21)10-15/h3-8,10,14H,9,11H2,1-2H3. The number of nitrogens with zero attached hydrogens (tertiary/aromatic N) is 3. The van der Waals surface area contributed by atoms with Gasteiger partial charge in [0.1, 0.15) is 5.82 Å². The molecule has 1 unspecified atom stereocenters. The Kier molecular flexibility index (Phi) is 4.03. The lowest BCUT2D eigenvalue weighted by Gasteiger charge is -2.16. The van der Waals surface area contributed by atoms with E-state index in [9.17, 15) is 9.18 Å². The first kappa shape index (κ1) is 16.4. The van der Waals surface area contributed by atoms with Crippen molar-refractivity contribution in [2.75, 3.05) is 11.4 Å². The van der Waals surface area contributed by atoms with E-state index in [-0.39, 0.29) is 24.1 Å². The molecular weight excluding hydrogens is 333 g/mol. The van der Waals surface area contributed by atoms with Crippen LogP contribution in [0.5, 0.6) is 0 Å². The molecule has 6 heteroatoms. The van der Waals surface area contributed by atoms with Crippen molar-refractivity contribution >= 4 is 11.6 Å². The van der Waals surface area contributed by atoms with Crippen molar-refractivity contribution in [1.29, 1.82) is 0 Å². The molecule has 5 nitrogen and oxygen atoms in total. The van der Waals surface area contributed by atoms with Gasteiger partial charge in [-0.3, -0.25) is 4.79 Å². The Labute approximate surface area is 150 Å². The number of hydrogen-bond donors (Lipinski definition) is 0. The van der Waals surface area contributed by atoms with Crippen molar-refractivity contribution in [3.8, 4) is 11.4 Å². The summed E-state index contributed by atoms with van der Waals surface area (Å²) in [6.07, 6.45) is 0.269. The zero-order valence-corrected chi connectivity index (χ0v) is 14.6. The maximum absolute atomic E-state index is 13.8. The van der Waals surface area contributed by atoms with Crippen LogP contribution in [0.25, 0.3) is 11.4 Å². The van der Waals surface area contributed by atoms with Gasteiger partial charge in [-0.05, 0) is 37.1 Å². The number of benzene rings is 2. The van der Waals surface area contributed by atoms with Crippen LogP contribution in [0.3, 0.4) is 0 Å². The first-order chi connectivity index (χ1) is 12.5. The van der Waals surface area contributed by atoms with Gasteiger partial charge in [0.05, 0.1) is 5.92 Å². The first-order valence-corrected chi connectivity index (χ1v) is 8.49. The number of rotatable bonds is 3. The highest BCUT2D eigenvalue weighted by Crippen LogP contribution is 2.32. The van der Waals surface area contributed by atoms with Crippen LogP contribution >= 0.6 is 0 Å². The third-order valence-corrected chi connectivity index (χ3v) is 4.77. The zero-order valence-electron chi connectivity index (χ0n) is 14.6. The lowest BCUT2D eigenvalue weighted by molar-refractivity contribution is -0.117. The summed E-state index contributed by atoms with van der Waals surface area (Å²) in [5.74, 6) is 0.362. The van der Waals surface area contributed by atoms with Crippen molar-refractivity contribution in [2.24, 2.45) is 0 Å². The van der Waals surface area contributed by atoms with Crippen LogP contribution in [0.4, 0.5) is 10.1 Å². The third kappa shape index (κ3) is 2.87. The van der Waals surface area contributed by atoms with Gasteiger partial charge in [0, 0.05) is 24.2 Å². The Morgan fingerprint density at radius 2 is 1.96 bits per heavy atom. The van der Waals surface area contributed by atoms with E-state index in [1.807, 2.05) is 31.2 Å². The predicted octanol–water partition coefficient (Wildman–Crippen LogP) is 4.01. The molecule has 1 saturated heterocycles. The van der Waals surface area contributed by atoms with Gasteiger partial charge in [0.25, 0.3) is 0 Å². The summed E-state index contributed by atoms with van der Waals surface area (Å²) in [7, 11) is 0. The fourth-order valence-corrected chi connectivity index (χ4v) is 3.21. The molecule has 4 rings (SSSR count). The van der Waals surface area contributed by atoms with Gasteiger partial charge in [-0.25, -0.2) is 4.39 Å². The van der Waals surface area contributed by atoms with Crippen LogP contribution in [0, 0.1) is 19.7 Å². The quantitative estimate of drug-likeness (QED) is 0.715. The van der Waals surface area contributed by atoms with Crippen LogP contribution in [0.1, 0.15) is 29.4 Å². The molecule has 1 aliphatic heterocycles. The maximum Gasteiger partial charge on any atom is 0.232 e. The van der Waals surface area contributed by atoms with E-state index in [1.165, 1.54) is 6.07 Å². The van der Waals surface area contributed by atoms with Gasteiger partial charge >= 0.3 is 0 Å². The number of carbonyl (C=O) groups excluding carboxylic acids is 1. The Bertz CT molecular complexity index is 983. The van der Waals surface area contributed by atoms with E-state index in [0.717, 1.165) is 11.1 Å². The molecule has 132 valence electrons. The summed E-state index contributed by atoms with van der Waals surface area (Å²) in [4.78, 5) is 18.5. The zero-order chi connectivity index (χ0) is 18.3. The smallest absolute Gasteiger partial charge is 0.232 e. The molecule has 1 fully saturated rings. The number of halogens is 1. The number of aromatic nitrogens is 2. The summed E-state index contributed by atoms with van der Waals surface area (Å²) in [5.41, 5.74) is 3.07. The highest BCUT2D eigenvalue weighted by Gasteiger charge is 2.35. The average Bonchev–Trinajstić information content (AvgIpc) is 3.25. The van der Waals surface area contributed by atoms with Gasteiger partial charge < -0.3 is 9.42 Å². The van der Waals surface area contributed by atoms with E-state index >= 15 is 0 Å². The van der Waals surface area contributed by atoms with Gasteiger partial charge in [-0.15, -0.1) is 0 Å². The summed E-state index contributed by atoms with van der Waals surface area (Å²) in [5, 5.41) is 4.06. The van der Waals surface area contributed by atoms with Gasteiger partial charge in [0.15, 0.2) is 0 Å². The summed E-state index contributed by atoms with van der Waals surface area (Å²) in [6.45, 7) is 4.08. The number of amides is 1. The molecule has 1 amide bonds. The predicted molar refractivity (Wildman–Crippen MR) is 95.3 cm³/mol. The van der Waals surface area contributed by atoms with Crippen LogP contribution in [-0.4, -0.2) is 22.6 Å². The molecule has 2 aromatic carbocycles.